The molecular formula is C21H24ClNO4. The third-order valence-corrected chi connectivity index (χ3v) is 4.18. The minimum Gasteiger partial charge on any atom is -0.481 e. The number of esters is 1. The van der Waals surface area contributed by atoms with E-state index >= 15 is 0 Å². The third kappa shape index (κ3) is 5.73. The lowest BCUT2D eigenvalue weighted by molar-refractivity contribution is -0.122. The summed E-state index contributed by atoms with van der Waals surface area (Å²) in [5.41, 5.74) is 2.89. The van der Waals surface area contributed by atoms with Crippen molar-refractivity contribution in [2.24, 2.45) is 0 Å². The smallest absolute Gasteiger partial charge is 0.339 e. The summed E-state index contributed by atoms with van der Waals surface area (Å²) in [6.45, 7) is 7.83. The molecule has 1 amide bonds. The Morgan fingerprint density at radius 3 is 2.30 bits per heavy atom. The Bertz CT molecular complexity index is 815. The van der Waals surface area contributed by atoms with E-state index < -0.39 is 12.1 Å². The maximum absolute atomic E-state index is 12.6. The molecule has 0 spiro atoms. The fourth-order valence-electron chi connectivity index (χ4n) is 2.68. The van der Waals surface area contributed by atoms with Crippen LogP contribution in [0.4, 0.5) is 5.69 Å². The number of carbonyl (C=O) groups is 2. The van der Waals surface area contributed by atoms with Gasteiger partial charge < -0.3 is 14.8 Å². The summed E-state index contributed by atoms with van der Waals surface area (Å²) in [5, 5.41) is 3.00. The number of hydrogen-bond donors (Lipinski definition) is 1. The van der Waals surface area contributed by atoms with Gasteiger partial charge in [-0.05, 0) is 68.7 Å². The van der Waals surface area contributed by atoms with Crippen molar-refractivity contribution in [2.45, 2.75) is 40.2 Å². The van der Waals surface area contributed by atoms with Gasteiger partial charge in [-0.15, -0.1) is 0 Å². The molecule has 0 aromatic heterocycles. The lowest BCUT2D eigenvalue weighted by atomic mass is 10.1. The van der Waals surface area contributed by atoms with Gasteiger partial charge in [0.2, 0.25) is 0 Å². The van der Waals surface area contributed by atoms with Gasteiger partial charge in [0, 0.05) is 5.69 Å². The number of halogens is 1. The van der Waals surface area contributed by atoms with Crippen LogP contribution in [-0.4, -0.2) is 24.6 Å². The number of hydrogen-bond acceptors (Lipinski definition) is 4. The van der Waals surface area contributed by atoms with Crippen LogP contribution in [0, 0.1) is 13.8 Å². The second-order valence-corrected chi connectivity index (χ2v) is 6.65. The molecule has 0 heterocycles. The molecule has 0 fully saturated rings. The lowest BCUT2D eigenvalue weighted by Gasteiger charge is -2.18. The molecule has 0 aliphatic rings. The molecule has 144 valence electrons. The van der Waals surface area contributed by atoms with E-state index in [1.165, 1.54) is 12.1 Å². The van der Waals surface area contributed by atoms with Crippen molar-refractivity contribution in [3.05, 3.63) is 58.1 Å². The number of anilines is 1. The summed E-state index contributed by atoms with van der Waals surface area (Å²) < 4.78 is 10.8. The molecule has 2 aromatic rings. The minimum atomic E-state index is -0.644. The minimum absolute atomic E-state index is 0.217. The van der Waals surface area contributed by atoms with Gasteiger partial charge in [-0.25, -0.2) is 4.79 Å². The highest BCUT2D eigenvalue weighted by Crippen LogP contribution is 2.23. The standard InChI is InChI=1S/C21H24ClNO4/c1-5-19(27-16-10-13(3)9-14(4)11-16)20(24)23-15-7-8-17(18(22)12-15)21(25)26-6-2/h7-12,19H,5-6H2,1-4H3,(H,23,24). The Morgan fingerprint density at radius 2 is 1.74 bits per heavy atom. The van der Waals surface area contributed by atoms with Gasteiger partial charge in [0.05, 0.1) is 17.2 Å². The largest absolute Gasteiger partial charge is 0.481 e. The molecule has 1 unspecified atom stereocenters. The number of ether oxygens (including phenoxy) is 2. The van der Waals surface area contributed by atoms with Crippen molar-refractivity contribution >= 4 is 29.2 Å². The fraction of sp³-hybridized carbons (Fsp3) is 0.333. The molecule has 0 aliphatic carbocycles. The predicted octanol–water partition coefficient (Wildman–Crippen LogP) is 4.93. The number of aryl methyl sites for hydroxylation is 2. The summed E-state index contributed by atoms with van der Waals surface area (Å²) in [4.78, 5) is 24.4. The van der Waals surface area contributed by atoms with Crippen molar-refractivity contribution in [3.63, 3.8) is 0 Å². The Kier molecular flexibility index (Phi) is 7.25. The zero-order valence-corrected chi connectivity index (χ0v) is 16.7. The molecule has 0 radical (unpaired) electrons. The highest BCUT2D eigenvalue weighted by atomic mass is 35.5. The number of nitrogens with one attached hydrogen (secondary N) is 1. The molecule has 2 aromatic carbocycles. The summed E-state index contributed by atoms with van der Waals surface area (Å²) >= 11 is 6.14. The van der Waals surface area contributed by atoms with Crippen LogP contribution in [0.2, 0.25) is 5.02 Å². The quantitative estimate of drug-likeness (QED) is 0.682. The van der Waals surface area contributed by atoms with Crippen molar-refractivity contribution < 1.29 is 19.1 Å². The van der Waals surface area contributed by atoms with Crippen molar-refractivity contribution in [2.75, 3.05) is 11.9 Å². The second kappa shape index (κ2) is 9.42. The van der Waals surface area contributed by atoms with E-state index in [9.17, 15) is 9.59 Å². The molecule has 1 N–H and O–H groups in total. The molecule has 2 rings (SSSR count). The molecular weight excluding hydrogens is 366 g/mol. The summed E-state index contributed by atoms with van der Waals surface area (Å²) in [6, 6.07) is 10.5. The number of amides is 1. The van der Waals surface area contributed by atoms with E-state index in [1.54, 1.807) is 13.0 Å². The molecule has 27 heavy (non-hydrogen) atoms. The van der Waals surface area contributed by atoms with Crippen molar-refractivity contribution in [1.29, 1.82) is 0 Å². The van der Waals surface area contributed by atoms with Gasteiger partial charge in [-0.3, -0.25) is 4.79 Å². The normalized spacial score (nSPS) is 11.6. The van der Waals surface area contributed by atoms with Crippen LogP contribution >= 0.6 is 11.6 Å². The first-order valence-corrected chi connectivity index (χ1v) is 9.24. The Labute approximate surface area is 164 Å². The topological polar surface area (TPSA) is 64.6 Å². The van der Waals surface area contributed by atoms with Gasteiger partial charge in [0.1, 0.15) is 5.75 Å². The number of benzene rings is 2. The van der Waals surface area contributed by atoms with E-state index in [0.29, 0.717) is 17.9 Å². The first-order chi connectivity index (χ1) is 12.8. The zero-order chi connectivity index (χ0) is 20.0. The van der Waals surface area contributed by atoms with E-state index in [-0.39, 0.29) is 23.1 Å². The number of carbonyl (C=O) groups excluding carboxylic acids is 2. The van der Waals surface area contributed by atoms with Gasteiger partial charge in [-0.1, -0.05) is 24.6 Å². The SMILES string of the molecule is CCOC(=O)c1ccc(NC(=O)C(CC)Oc2cc(C)cc(C)c2)cc1Cl. The average Bonchev–Trinajstić information content (AvgIpc) is 2.59. The Hall–Kier alpha value is -2.53. The molecule has 0 bridgehead atoms. The summed E-state index contributed by atoms with van der Waals surface area (Å²) in [6.07, 6.45) is -0.136. The highest BCUT2D eigenvalue weighted by Gasteiger charge is 2.20. The molecule has 5 nitrogen and oxygen atoms in total. The van der Waals surface area contributed by atoms with E-state index in [2.05, 4.69) is 5.32 Å². The fourth-order valence-corrected chi connectivity index (χ4v) is 2.94. The van der Waals surface area contributed by atoms with Gasteiger partial charge in [-0.2, -0.15) is 0 Å². The highest BCUT2D eigenvalue weighted by molar-refractivity contribution is 6.34. The molecule has 0 saturated carbocycles. The zero-order valence-electron chi connectivity index (χ0n) is 16.0. The monoisotopic (exact) mass is 389 g/mol. The third-order valence-electron chi connectivity index (χ3n) is 3.87. The molecule has 0 saturated heterocycles. The Balaban J connectivity index is 2.10. The maximum atomic E-state index is 12.6. The molecule has 1 atom stereocenters. The van der Waals surface area contributed by atoms with E-state index in [4.69, 9.17) is 21.1 Å². The van der Waals surface area contributed by atoms with Crippen LogP contribution < -0.4 is 10.1 Å². The van der Waals surface area contributed by atoms with Crippen LogP contribution in [0.25, 0.3) is 0 Å². The van der Waals surface area contributed by atoms with Crippen LogP contribution in [0.3, 0.4) is 0 Å². The van der Waals surface area contributed by atoms with Gasteiger partial charge in [0.25, 0.3) is 5.91 Å². The molecule has 6 heteroatoms. The maximum Gasteiger partial charge on any atom is 0.339 e. The van der Waals surface area contributed by atoms with Crippen LogP contribution in [-0.2, 0) is 9.53 Å². The average molecular weight is 390 g/mol. The summed E-state index contributed by atoms with van der Waals surface area (Å²) in [7, 11) is 0. The summed E-state index contributed by atoms with van der Waals surface area (Å²) in [5.74, 6) is -0.119. The van der Waals surface area contributed by atoms with Crippen LogP contribution in [0.15, 0.2) is 36.4 Å². The first kappa shape index (κ1) is 20.8. The lowest BCUT2D eigenvalue weighted by Crippen LogP contribution is -2.32. The van der Waals surface area contributed by atoms with E-state index in [1.807, 2.05) is 39.0 Å². The first-order valence-electron chi connectivity index (χ1n) is 8.86. The van der Waals surface area contributed by atoms with Crippen LogP contribution in [0.5, 0.6) is 5.75 Å². The van der Waals surface area contributed by atoms with E-state index in [0.717, 1.165) is 11.1 Å². The van der Waals surface area contributed by atoms with Crippen molar-refractivity contribution in [1.82, 2.24) is 0 Å². The predicted molar refractivity (Wildman–Crippen MR) is 107 cm³/mol. The second-order valence-electron chi connectivity index (χ2n) is 6.24. The number of rotatable bonds is 7. The van der Waals surface area contributed by atoms with Gasteiger partial charge >= 0.3 is 5.97 Å². The molecule has 0 aliphatic heterocycles. The van der Waals surface area contributed by atoms with Crippen molar-refractivity contribution in [3.8, 4) is 5.75 Å². The van der Waals surface area contributed by atoms with Gasteiger partial charge in [0.15, 0.2) is 6.10 Å². The Morgan fingerprint density at radius 1 is 1.07 bits per heavy atom. The van der Waals surface area contributed by atoms with Crippen LogP contribution in [0.1, 0.15) is 41.8 Å².